The number of para-hydroxylation sites is 1. The van der Waals surface area contributed by atoms with E-state index >= 15 is 0 Å². The molecule has 0 spiro atoms. The summed E-state index contributed by atoms with van der Waals surface area (Å²) in [5, 5.41) is 11.0. The number of benzene rings is 1. The van der Waals surface area contributed by atoms with E-state index in [-0.39, 0.29) is 23.3 Å². The molecular weight excluding hydrogens is 286 g/mol. The van der Waals surface area contributed by atoms with Gasteiger partial charge in [0.2, 0.25) is 0 Å². The standard InChI is InChI=1S/C15H21N3O4/c16-8-3-11-22-12-6-9-17(10-7-12)15(19)13-4-1-2-5-14(13)18(20)21/h1-2,4-5,12H,3,6-11,16H2. The van der Waals surface area contributed by atoms with Crippen molar-refractivity contribution in [2.24, 2.45) is 5.73 Å². The van der Waals surface area contributed by atoms with Gasteiger partial charge in [-0.25, -0.2) is 0 Å². The summed E-state index contributed by atoms with van der Waals surface area (Å²) in [5.74, 6) is -0.285. The Labute approximate surface area is 129 Å². The average molecular weight is 307 g/mol. The van der Waals surface area contributed by atoms with Gasteiger partial charge in [-0.2, -0.15) is 0 Å². The number of piperidine rings is 1. The van der Waals surface area contributed by atoms with Gasteiger partial charge in [-0.3, -0.25) is 14.9 Å². The first-order valence-electron chi connectivity index (χ1n) is 7.48. The number of ether oxygens (including phenoxy) is 1. The van der Waals surface area contributed by atoms with Gasteiger partial charge in [0, 0.05) is 25.8 Å². The molecule has 0 bridgehead atoms. The zero-order chi connectivity index (χ0) is 15.9. The first-order chi connectivity index (χ1) is 10.6. The molecule has 0 radical (unpaired) electrons. The van der Waals surface area contributed by atoms with Crippen molar-refractivity contribution in [1.82, 2.24) is 4.90 Å². The monoisotopic (exact) mass is 307 g/mol. The maximum absolute atomic E-state index is 12.5. The van der Waals surface area contributed by atoms with Crippen molar-refractivity contribution in [3.63, 3.8) is 0 Å². The first kappa shape index (κ1) is 16.4. The summed E-state index contributed by atoms with van der Waals surface area (Å²) in [7, 11) is 0. The van der Waals surface area contributed by atoms with Crippen LogP contribution in [0.3, 0.4) is 0 Å². The zero-order valence-corrected chi connectivity index (χ0v) is 12.4. The van der Waals surface area contributed by atoms with E-state index in [1.165, 1.54) is 12.1 Å². The molecule has 7 heteroatoms. The molecule has 1 aromatic carbocycles. The van der Waals surface area contributed by atoms with Crippen LogP contribution in [0, 0.1) is 10.1 Å². The minimum absolute atomic E-state index is 0.140. The minimum atomic E-state index is -0.518. The number of hydrogen-bond donors (Lipinski definition) is 1. The van der Waals surface area contributed by atoms with E-state index in [1.807, 2.05) is 0 Å². The Balaban J connectivity index is 1.94. The maximum Gasteiger partial charge on any atom is 0.282 e. The second kappa shape index (κ2) is 7.86. The van der Waals surface area contributed by atoms with Crippen LogP contribution in [0.1, 0.15) is 29.6 Å². The number of carbonyl (C=O) groups is 1. The molecule has 1 fully saturated rings. The van der Waals surface area contributed by atoms with Crippen LogP contribution < -0.4 is 5.73 Å². The third kappa shape index (κ3) is 4.02. The Morgan fingerprint density at radius 1 is 1.36 bits per heavy atom. The SMILES string of the molecule is NCCCOC1CCN(C(=O)c2ccccc2[N+](=O)[O-])CC1. The summed E-state index contributed by atoms with van der Waals surface area (Å²) in [5.41, 5.74) is 5.42. The average Bonchev–Trinajstić information content (AvgIpc) is 2.55. The lowest BCUT2D eigenvalue weighted by Crippen LogP contribution is -2.41. The fourth-order valence-electron chi connectivity index (χ4n) is 2.54. The second-order valence-electron chi connectivity index (χ2n) is 5.28. The highest BCUT2D eigenvalue weighted by Gasteiger charge is 2.28. The largest absolute Gasteiger partial charge is 0.378 e. The van der Waals surface area contributed by atoms with Crippen LogP contribution >= 0.6 is 0 Å². The van der Waals surface area contributed by atoms with Gasteiger partial charge in [-0.1, -0.05) is 12.1 Å². The summed E-state index contributed by atoms with van der Waals surface area (Å²) in [6.07, 6.45) is 2.46. The quantitative estimate of drug-likeness (QED) is 0.488. The summed E-state index contributed by atoms with van der Waals surface area (Å²) in [6.45, 7) is 2.35. The molecule has 1 aromatic rings. The lowest BCUT2D eigenvalue weighted by atomic mass is 10.1. The highest BCUT2D eigenvalue weighted by atomic mass is 16.6. The number of carbonyl (C=O) groups excluding carboxylic acids is 1. The predicted molar refractivity (Wildman–Crippen MR) is 81.6 cm³/mol. The van der Waals surface area contributed by atoms with Crippen LogP contribution in [0.15, 0.2) is 24.3 Å². The molecule has 2 rings (SSSR count). The molecule has 0 aromatic heterocycles. The normalized spacial score (nSPS) is 15.8. The smallest absolute Gasteiger partial charge is 0.282 e. The van der Waals surface area contributed by atoms with Crippen molar-refractivity contribution in [3.8, 4) is 0 Å². The number of nitrogens with zero attached hydrogens (tertiary/aromatic N) is 2. The molecule has 1 aliphatic heterocycles. The Kier molecular flexibility index (Phi) is 5.85. The van der Waals surface area contributed by atoms with Gasteiger partial charge in [0.25, 0.3) is 11.6 Å². The summed E-state index contributed by atoms with van der Waals surface area (Å²) in [4.78, 5) is 24.6. The van der Waals surface area contributed by atoms with Gasteiger partial charge in [-0.05, 0) is 31.9 Å². The summed E-state index contributed by atoms with van der Waals surface area (Å²) >= 11 is 0. The molecule has 0 saturated carbocycles. The van der Waals surface area contributed by atoms with Crippen LogP contribution in [0.4, 0.5) is 5.69 Å². The number of nitrogens with two attached hydrogens (primary N) is 1. The highest BCUT2D eigenvalue weighted by molar-refractivity contribution is 5.98. The third-order valence-corrected chi connectivity index (χ3v) is 3.76. The molecule has 0 aliphatic carbocycles. The van der Waals surface area contributed by atoms with Crippen LogP contribution in [-0.2, 0) is 4.74 Å². The van der Waals surface area contributed by atoms with Gasteiger partial charge in [0.15, 0.2) is 0 Å². The minimum Gasteiger partial charge on any atom is -0.378 e. The van der Waals surface area contributed by atoms with Gasteiger partial charge in [-0.15, -0.1) is 0 Å². The first-order valence-corrected chi connectivity index (χ1v) is 7.48. The van der Waals surface area contributed by atoms with E-state index in [4.69, 9.17) is 10.5 Å². The van der Waals surface area contributed by atoms with Crippen LogP contribution in [0.5, 0.6) is 0 Å². The number of nitro groups is 1. The molecular formula is C15H21N3O4. The maximum atomic E-state index is 12.5. The number of amides is 1. The van der Waals surface area contributed by atoms with Gasteiger partial charge >= 0.3 is 0 Å². The molecule has 1 heterocycles. The Hall–Kier alpha value is -1.99. The van der Waals surface area contributed by atoms with Crippen molar-refractivity contribution >= 4 is 11.6 Å². The zero-order valence-electron chi connectivity index (χ0n) is 12.4. The van der Waals surface area contributed by atoms with Crippen molar-refractivity contribution in [2.45, 2.75) is 25.4 Å². The van der Waals surface area contributed by atoms with Crippen molar-refractivity contribution < 1.29 is 14.5 Å². The van der Waals surface area contributed by atoms with Crippen LogP contribution in [0.25, 0.3) is 0 Å². The molecule has 120 valence electrons. The predicted octanol–water partition coefficient (Wildman–Crippen LogP) is 1.56. The van der Waals surface area contributed by atoms with Crippen molar-refractivity contribution in [3.05, 3.63) is 39.9 Å². The Bertz CT molecular complexity index is 527. The van der Waals surface area contributed by atoms with Gasteiger partial charge < -0.3 is 15.4 Å². The van der Waals surface area contributed by atoms with E-state index < -0.39 is 4.92 Å². The van der Waals surface area contributed by atoms with Gasteiger partial charge in [0.1, 0.15) is 5.56 Å². The Morgan fingerprint density at radius 2 is 2.05 bits per heavy atom. The lowest BCUT2D eigenvalue weighted by Gasteiger charge is -2.31. The second-order valence-corrected chi connectivity index (χ2v) is 5.28. The van der Waals surface area contributed by atoms with E-state index in [0.29, 0.717) is 26.2 Å². The molecule has 1 aliphatic rings. The molecule has 1 amide bonds. The van der Waals surface area contributed by atoms with Crippen molar-refractivity contribution in [2.75, 3.05) is 26.2 Å². The van der Waals surface area contributed by atoms with E-state index in [9.17, 15) is 14.9 Å². The van der Waals surface area contributed by atoms with Crippen LogP contribution in [-0.4, -0.2) is 48.1 Å². The number of nitro benzene ring substituents is 1. The number of hydrogen-bond acceptors (Lipinski definition) is 5. The van der Waals surface area contributed by atoms with Gasteiger partial charge in [0.05, 0.1) is 11.0 Å². The lowest BCUT2D eigenvalue weighted by molar-refractivity contribution is -0.385. The van der Waals surface area contributed by atoms with Crippen molar-refractivity contribution in [1.29, 1.82) is 0 Å². The fraction of sp³-hybridized carbons (Fsp3) is 0.533. The third-order valence-electron chi connectivity index (χ3n) is 3.76. The summed E-state index contributed by atoms with van der Waals surface area (Å²) < 4.78 is 5.69. The fourth-order valence-corrected chi connectivity index (χ4v) is 2.54. The topological polar surface area (TPSA) is 98.7 Å². The Morgan fingerprint density at radius 3 is 2.68 bits per heavy atom. The molecule has 2 N–H and O–H groups in total. The molecule has 0 atom stereocenters. The molecule has 7 nitrogen and oxygen atoms in total. The van der Waals surface area contributed by atoms with E-state index in [0.717, 1.165) is 19.3 Å². The highest BCUT2D eigenvalue weighted by Crippen LogP contribution is 2.22. The van der Waals surface area contributed by atoms with E-state index in [1.54, 1.807) is 17.0 Å². The molecule has 0 unspecified atom stereocenters. The van der Waals surface area contributed by atoms with E-state index in [2.05, 4.69) is 0 Å². The molecule has 22 heavy (non-hydrogen) atoms. The van der Waals surface area contributed by atoms with Crippen LogP contribution in [0.2, 0.25) is 0 Å². The molecule has 1 saturated heterocycles. The number of likely N-dealkylation sites (tertiary alicyclic amines) is 1. The number of rotatable bonds is 6. The summed E-state index contributed by atoms with van der Waals surface area (Å²) in [6, 6.07) is 6.07.